The summed E-state index contributed by atoms with van der Waals surface area (Å²) in [6.07, 6.45) is 1.33. The maximum Gasteiger partial charge on any atom is 0.0340 e. The lowest BCUT2D eigenvalue weighted by Crippen LogP contribution is -2.50. The first-order chi connectivity index (χ1) is 8.83. The van der Waals surface area contributed by atoms with E-state index in [1.807, 2.05) is 11.3 Å². The third-order valence-corrected chi connectivity index (χ3v) is 5.93. The summed E-state index contributed by atoms with van der Waals surface area (Å²) in [7, 11) is 0. The Morgan fingerprint density at radius 2 is 2.11 bits per heavy atom. The Morgan fingerprint density at radius 3 is 2.68 bits per heavy atom. The molecule has 0 aliphatic carbocycles. The van der Waals surface area contributed by atoms with E-state index in [1.165, 1.54) is 55.0 Å². The van der Waals surface area contributed by atoms with Gasteiger partial charge in [0.15, 0.2) is 0 Å². The summed E-state index contributed by atoms with van der Waals surface area (Å²) in [6.45, 7) is 8.38. The molecular formula is C13H21BrClN3S. The smallest absolute Gasteiger partial charge is 0.0340 e. The zero-order valence-corrected chi connectivity index (χ0v) is 14.2. The van der Waals surface area contributed by atoms with Crippen molar-refractivity contribution in [1.29, 1.82) is 0 Å². The minimum absolute atomic E-state index is 0. The molecule has 2 aliphatic rings. The Hall–Kier alpha value is 0.350. The van der Waals surface area contributed by atoms with Crippen LogP contribution in [0.25, 0.3) is 0 Å². The number of nitrogens with zero attached hydrogens (tertiary/aromatic N) is 2. The van der Waals surface area contributed by atoms with Crippen LogP contribution in [0.5, 0.6) is 0 Å². The van der Waals surface area contributed by atoms with Crippen LogP contribution in [-0.2, 0) is 6.54 Å². The van der Waals surface area contributed by atoms with E-state index in [-0.39, 0.29) is 12.4 Å². The Morgan fingerprint density at radius 1 is 1.32 bits per heavy atom. The summed E-state index contributed by atoms with van der Waals surface area (Å²) in [5.74, 6) is 0. The van der Waals surface area contributed by atoms with Crippen molar-refractivity contribution >= 4 is 39.7 Å². The van der Waals surface area contributed by atoms with Crippen LogP contribution in [-0.4, -0.2) is 55.1 Å². The van der Waals surface area contributed by atoms with Gasteiger partial charge in [0.05, 0.1) is 0 Å². The van der Waals surface area contributed by atoms with Crippen LogP contribution in [0.3, 0.4) is 0 Å². The van der Waals surface area contributed by atoms with Crippen molar-refractivity contribution in [1.82, 2.24) is 15.1 Å². The van der Waals surface area contributed by atoms with Gasteiger partial charge in [-0.2, -0.15) is 0 Å². The number of piperazine rings is 1. The molecule has 6 heteroatoms. The molecule has 3 rings (SSSR count). The van der Waals surface area contributed by atoms with Gasteiger partial charge < -0.3 is 5.32 Å². The average Bonchev–Trinajstić information content (AvgIpc) is 3.03. The summed E-state index contributed by atoms with van der Waals surface area (Å²) in [4.78, 5) is 6.71. The highest BCUT2D eigenvalue weighted by Crippen LogP contribution is 2.24. The zero-order valence-electron chi connectivity index (χ0n) is 11.0. The summed E-state index contributed by atoms with van der Waals surface area (Å²) in [5.41, 5.74) is 0. The highest BCUT2D eigenvalue weighted by molar-refractivity contribution is 9.10. The van der Waals surface area contributed by atoms with Crippen molar-refractivity contribution in [2.75, 3.05) is 39.3 Å². The molecule has 2 aliphatic heterocycles. The normalized spacial score (nSPS) is 25.4. The van der Waals surface area contributed by atoms with Gasteiger partial charge in [0, 0.05) is 54.7 Å². The van der Waals surface area contributed by atoms with Crippen LogP contribution in [0, 0.1) is 0 Å². The molecule has 3 nitrogen and oxygen atoms in total. The van der Waals surface area contributed by atoms with Gasteiger partial charge in [-0.25, -0.2) is 0 Å². The zero-order chi connectivity index (χ0) is 12.4. The Balaban J connectivity index is 0.00000133. The minimum atomic E-state index is 0. The number of nitrogens with one attached hydrogen (secondary N) is 1. The predicted molar refractivity (Wildman–Crippen MR) is 87.4 cm³/mol. The van der Waals surface area contributed by atoms with Gasteiger partial charge in [-0.1, -0.05) is 0 Å². The lowest BCUT2D eigenvalue weighted by molar-refractivity contribution is 0.0986. The highest BCUT2D eigenvalue weighted by atomic mass is 79.9. The van der Waals surface area contributed by atoms with E-state index in [0.29, 0.717) is 0 Å². The molecule has 0 amide bonds. The summed E-state index contributed by atoms with van der Waals surface area (Å²) < 4.78 is 1.27. The molecule has 0 bridgehead atoms. The fourth-order valence-electron chi connectivity index (χ4n) is 2.88. The number of thiophene rings is 1. The summed E-state index contributed by atoms with van der Waals surface area (Å²) in [5, 5.41) is 5.63. The Bertz CT molecular complexity index is 387. The van der Waals surface area contributed by atoms with Crippen LogP contribution >= 0.6 is 39.7 Å². The van der Waals surface area contributed by atoms with Gasteiger partial charge in [0.25, 0.3) is 0 Å². The largest absolute Gasteiger partial charge is 0.315 e. The average molecular weight is 367 g/mol. The number of halogens is 2. The maximum atomic E-state index is 3.62. The number of hydrogen-bond donors (Lipinski definition) is 1. The van der Waals surface area contributed by atoms with Crippen LogP contribution in [0.4, 0.5) is 0 Å². The van der Waals surface area contributed by atoms with Crippen molar-refractivity contribution in [3.05, 3.63) is 20.8 Å². The van der Waals surface area contributed by atoms with Crippen molar-refractivity contribution in [3.63, 3.8) is 0 Å². The maximum absolute atomic E-state index is 3.62. The molecule has 3 heterocycles. The molecule has 2 fully saturated rings. The quantitative estimate of drug-likeness (QED) is 0.886. The van der Waals surface area contributed by atoms with Gasteiger partial charge in [-0.05, 0) is 40.3 Å². The second-order valence-corrected chi connectivity index (χ2v) is 7.01. The minimum Gasteiger partial charge on any atom is -0.315 e. The molecule has 0 radical (unpaired) electrons. The second kappa shape index (κ2) is 7.38. The summed E-state index contributed by atoms with van der Waals surface area (Å²) >= 11 is 5.48. The fourth-order valence-corrected chi connectivity index (χ4v) is 4.40. The lowest BCUT2D eigenvalue weighted by Gasteiger charge is -2.37. The number of rotatable bonds is 3. The number of hydrogen-bond acceptors (Lipinski definition) is 4. The molecule has 1 unspecified atom stereocenters. The first-order valence-corrected chi connectivity index (χ1v) is 8.39. The molecule has 1 N–H and O–H groups in total. The molecule has 0 aromatic carbocycles. The van der Waals surface area contributed by atoms with Crippen molar-refractivity contribution in [2.24, 2.45) is 0 Å². The Labute approximate surface area is 133 Å². The molecule has 0 saturated carbocycles. The van der Waals surface area contributed by atoms with Crippen LogP contribution < -0.4 is 5.32 Å². The first kappa shape index (κ1) is 15.7. The van der Waals surface area contributed by atoms with Crippen molar-refractivity contribution < 1.29 is 0 Å². The molecule has 1 aromatic rings. The third-order valence-electron chi connectivity index (χ3n) is 4.02. The molecule has 2 saturated heterocycles. The monoisotopic (exact) mass is 365 g/mol. The van der Waals surface area contributed by atoms with Gasteiger partial charge >= 0.3 is 0 Å². The lowest BCUT2D eigenvalue weighted by atomic mass is 10.2. The molecular weight excluding hydrogens is 346 g/mol. The second-order valence-electron chi connectivity index (χ2n) is 5.15. The Kier molecular flexibility index (Phi) is 6.11. The predicted octanol–water partition coefficient (Wildman–Crippen LogP) is 2.41. The van der Waals surface area contributed by atoms with Gasteiger partial charge in [0.2, 0.25) is 0 Å². The van der Waals surface area contributed by atoms with Crippen molar-refractivity contribution in [2.45, 2.75) is 19.0 Å². The van der Waals surface area contributed by atoms with Gasteiger partial charge in [0.1, 0.15) is 0 Å². The molecule has 0 spiro atoms. The van der Waals surface area contributed by atoms with E-state index in [2.05, 4.69) is 42.5 Å². The van der Waals surface area contributed by atoms with Gasteiger partial charge in [-0.15, -0.1) is 23.7 Å². The SMILES string of the molecule is Brc1ccsc1CN1CCN(C2CCNC2)CC1.Cl. The standard InChI is InChI=1S/C13H20BrN3S.ClH/c14-12-2-8-18-13(12)10-16-4-6-17(7-5-16)11-1-3-15-9-11;/h2,8,11,15H,1,3-7,9-10H2;1H. The highest BCUT2D eigenvalue weighted by Gasteiger charge is 2.26. The van der Waals surface area contributed by atoms with E-state index in [0.717, 1.165) is 12.6 Å². The molecule has 19 heavy (non-hydrogen) atoms. The third kappa shape index (κ3) is 3.93. The van der Waals surface area contributed by atoms with Gasteiger partial charge in [-0.3, -0.25) is 9.80 Å². The molecule has 1 aromatic heterocycles. The van der Waals surface area contributed by atoms with Crippen molar-refractivity contribution in [3.8, 4) is 0 Å². The fraction of sp³-hybridized carbons (Fsp3) is 0.692. The first-order valence-electron chi connectivity index (χ1n) is 6.72. The summed E-state index contributed by atoms with van der Waals surface area (Å²) in [6, 6.07) is 2.95. The van der Waals surface area contributed by atoms with Crippen LogP contribution in [0.1, 0.15) is 11.3 Å². The van der Waals surface area contributed by atoms with Crippen LogP contribution in [0.2, 0.25) is 0 Å². The van der Waals surface area contributed by atoms with E-state index < -0.39 is 0 Å². The molecule has 108 valence electrons. The molecule has 1 atom stereocenters. The van der Waals surface area contributed by atoms with Crippen LogP contribution in [0.15, 0.2) is 15.9 Å². The van der Waals surface area contributed by atoms with E-state index >= 15 is 0 Å². The van der Waals surface area contributed by atoms with E-state index in [9.17, 15) is 0 Å². The van der Waals surface area contributed by atoms with E-state index in [4.69, 9.17) is 0 Å². The van der Waals surface area contributed by atoms with E-state index in [1.54, 1.807) is 0 Å². The topological polar surface area (TPSA) is 18.5 Å².